The second kappa shape index (κ2) is 7.25. The fraction of sp³-hybridized carbons (Fsp3) is 0.389. The molecule has 1 amide bonds. The molecule has 23 heavy (non-hydrogen) atoms. The van der Waals surface area contributed by atoms with Crippen molar-refractivity contribution in [1.29, 1.82) is 0 Å². The molecule has 1 aliphatic heterocycles. The van der Waals surface area contributed by atoms with Crippen LogP contribution in [-0.4, -0.2) is 30.8 Å². The largest absolute Gasteiger partial charge is 0.383 e. The Morgan fingerprint density at radius 1 is 1.26 bits per heavy atom. The van der Waals surface area contributed by atoms with Crippen molar-refractivity contribution in [2.75, 3.05) is 19.8 Å². The molecular weight excluding hydrogens is 310 g/mol. The van der Waals surface area contributed by atoms with Gasteiger partial charge in [0.1, 0.15) is 5.60 Å². The van der Waals surface area contributed by atoms with Crippen molar-refractivity contribution in [1.82, 2.24) is 5.32 Å². The van der Waals surface area contributed by atoms with Gasteiger partial charge >= 0.3 is 0 Å². The molecule has 2 N–H and O–H groups in total. The summed E-state index contributed by atoms with van der Waals surface area (Å²) in [6.07, 6.45) is 1.58. The van der Waals surface area contributed by atoms with Crippen molar-refractivity contribution in [2.24, 2.45) is 5.92 Å². The summed E-state index contributed by atoms with van der Waals surface area (Å²) in [5, 5.41) is 18.0. The van der Waals surface area contributed by atoms with E-state index in [0.29, 0.717) is 18.8 Å². The number of aliphatic hydroxyl groups is 1. The first-order valence-electron chi connectivity index (χ1n) is 7.86. The minimum absolute atomic E-state index is 0.0708. The minimum atomic E-state index is -1.07. The molecule has 2 heterocycles. The second-order valence-corrected chi connectivity index (χ2v) is 6.65. The molecule has 0 saturated carbocycles. The van der Waals surface area contributed by atoms with E-state index in [1.54, 1.807) is 6.07 Å². The Labute approximate surface area is 140 Å². The van der Waals surface area contributed by atoms with Crippen molar-refractivity contribution in [3.05, 3.63) is 58.3 Å². The van der Waals surface area contributed by atoms with Crippen molar-refractivity contribution < 1.29 is 14.6 Å². The standard InChI is InChI=1S/C18H21NO3S/c20-17(14-8-11-23-12-14)19-13-18(21,15-4-2-1-3-5-15)16-6-9-22-10-7-16/h1-5,8,11-12,16,21H,6-7,9-10,13H2,(H,19,20)/t18-/m1/s1. The maximum atomic E-state index is 12.2. The molecule has 0 bridgehead atoms. The monoisotopic (exact) mass is 331 g/mol. The summed E-state index contributed by atoms with van der Waals surface area (Å²) >= 11 is 1.49. The lowest BCUT2D eigenvalue weighted by Crippen LogP contribution is -2.47. The van der Waals surface area contributed by atoms with E-state index in [1.165, 1.54) is 11.3 Å². The molecule has 0 radical (unpaired) electrons. The van der Waals surface area contributed by atoms with Gasteiger partial charge in [-0.3, -0.25) is 4.79 Å². The van der Waals surface area contributed by atoms with Crippen LogP contribution in [0.25, 0.3) is 0 Å². The highest BCUT2D eigenvalue weighted by molar-refractivity contribution is 7.08. The molecule has 0 spiro atoms. The zero-order chi connectivity index (χ0) is 16.1. The van der Waals surface area contributed by atoms with Crippen LogP contribution < -0.4 is 5.32 Å². The van der Waals surface area contributed by atoms with Crippen LogP contribution in [-0.2, 0) is 10.3 Å². The summed E-state index contributed by atoms with van der Waals surface area (Å²) < 4.78 is 5.42. The molecule has 122 valence electrons. The van der Waals surface area contributed by atoms with Crippen LogP contribution in [0.4, 0.5) is 0 Å². The lowest BCUT2D eigenvalue weighted by Gasteiger charge is -2.39. The van der Waals surface area contributed by atoms with E-state index < -0.39 is 5.60 Å². The van der Waals surface area contributed by atoms with Gasteiger partial charge in [-0.1, -0.05) is 30.3 Å². The fourth-order valence-electron chi connectivity index (χ4n) is 3.09. The van der Waals surface area contributed by atoms with Crippen molar-refractivity contribution in [2.45, 2.75) is 18.4 Å². The lowest BCUT2D eigenvalue weighted by atomic mass is 9.77. The molecule has 5 heteroatoms. The SMILES string of the molecule is O=C(NC[C@@](O)(c1ccccc1)C1CCOCC1)c1ccsc1. The van der Waals surface area contributed by atoms with E-state index in [2.05, 4.69) is 5.32 Å². The van der Waals surface area contributed by atoms with Gasteiger partial charge < -0.3 is 15.2 Å². The Bertz CT molecular complexity index is 623. The summed E-state index contributed by atoms with van der Waals surface area (Å²) in [5.74, 6) is -0.0749. The molecule has 1 saturated heterocycles. The van der Waals surface area contributed by atoms with Crippen LogP contribution in [0.15, 0.2) is 47.2 Å². The van der Waals surface area contributed by atoms with Crippen LogP contribution >= 0.6 is 11.3 Å². The molecule has 1 aliphatic rings. The molecule has 0 aliphatic carbocycles. The Kier molecular flexibility index (Phi) is 5.10. The van der Waals surface area contributed by atoms with Crippen LogP contribution in [0.5, 0.6) is 0 Å². The number of hydrogen-bond acceptors (Lipinski definition) is 4. The van der Waals surface area contributed by atoms with E-state index in [1.807, 2.05) is 41.1 Å². The number of benzene rings is 1. The third-order valence-electron chi connectivity index (χ3n) is 4.47. The maximum Gasteiger partial charge on any atom is 0.252 e. The number of nitrogens with one attached hydrogen (secondary N) is 1. The van der Waals surface area contributed by atoms with E-state index in [9.17, 15) is 9.90 Å². The maximum absolute atomic E-state index is 12.2. The van der Waals surface area contributed by atoms with E-state index >= 15 is 0 Å². The van der Waals surface area contributed by atoms with Gasteiger partial charge in [-0.05, 0) is 35.8 Å². The number of carbonyl (C=O) groups is 1. The summed E-state index contributed by atoms with van der Waals surface area (Å²) in [5.41, 5.74) is 0.409. The second-order valence-electron chi connectivity index (χ2n) is 5.87. The number of ether oxygens (including phenoxy) is 1. The quantitative estimate of drug-likeness (QED) is 0.886. The van der Waals surface area contributed by atoms with Gasteiger partial charge in [0, 0.05) is 24.2 Å². The minimum Gasteiger partial charge on any atom is -0.383 e. The molecule has 1 aromatic heterocycles. The molecule has 4 nitrogen and oxygen atoms in total. The van der Waals surface area contributed by atoms with Crippen molar-refractivity contribution in [3.8, 4) is 0 Å². The summed E-state index contributed by atoms with van der Waals surface area (Å²) in [6.45, 7) is 1.51. The van der Waals surface area contributed by atoms with E-state index in [4.69, 9.17) is 4.74 Å². The van der Waals surface area contributed by atoms with Crippen molar-refractivity contribution in [3.63, 3.8) is 0 Å². The third-order valence-corrected chi connectivity index (χ3v) is 5.16. The number of thiophene rings is 1. The first-order valence-corrected chi connectivity index (χ1v) is 8.80. The third kappa shape index (κ3) is 3.63. The molecule has 0 unspecified atom stereocenters. The van der Waals surface area contributed by atoms with Crippen LogP contribution in [0, 0.1) is 5.92 Å². The average molecular weight is 331 g/mol. The highest BCUT2D eigenvalue weighted by Crippen LogP contribution is 2.35. The molecule has 3 rings (SSSR count). The van der Waals surface area contributed by atoms with Gasteiger partial charge in [-0.15, -0.1) is 0 Å². The normalized spacial score (nSPS) is 18.3. The zero-order valence-electron chi connectivity index (χ0n) is 12.9. The van der Waals surface area contributed by atoms with Gasteiger partial charge in [0.15, 0.2) is 0 Å². The van der Waals surface area contributed by atoms with Crippen LogP contribution in [0.3, 0.4) is 0 Å². The smallest absolute Gasteiger partial charge is 0.252 e. The highest BCUT2D eigenvalue weighted by Gasteiger charge is 2.39. The predicted molar refractivity (Wildman–Crippen MR) is 90.5 cm³/mol. The molecule has 2 aromatic rings. The Morgan fingerprint density at radius 3 is 2.65 bits per heavy atom. The molecule has 1 fully saturated rings. The highest BCUT2D eigenvalue weighted by atomic mass is 32.1. The summed E-state index contributed by atoms with van der Waals surface area (Å²) in [7, 11) is 0. The summed E-state index contributed by atoms with van der Waals surface area (Å²) in [6, 6.07) is 11.4. The van der Waals surface area contributed by atoms with Crippen molar-refractivity contribution >= 4 is 17.2 Å². The Balaban J connectivity index is 1.79. The first-order chi connectivity index (χ1) is 11.2. The first kappa shape index (κ1) is 16.2. The van der Waals surface area contributed by atoms with Gasteiger partial charge in [0.05, 0.1) is 6.54 Å². The molecule has 1 atom stereocenters. The van der Waals surface area contributed by atoms with Crippen LogP contribution in [0.2, 0.25) is 0 Å². The average Bonchev–Trinajstić information content (AvgIpc) is 3.16. The van der Waals surface area contributed by atoms with Gasteiger partial charge in [0.2, 0.25) is 0 Å². The summed E-state index contributed by atoms with van der Waals surface area (Å²) in [4.78, 5) is 12.2. The van der Waals surface area contributed by atoms with Gasteiger partial charge in [0.25, 0.3) is 5.91 Å². The number of carbonyl (C=O) groups excluding carboxylic acids is 1. The number of hydrogen-bond donors (Lipinski definition) is 2. The zero-order valence-corrected chi connectivity index (χ0v) is 13.7. The van der Waals surface area contributed by atoms with Gasteiger partial charge in [-0.25, -0.2) is 0 Å². The number of rotatable bonds is 5. The molecule has 1 aromatic carbocycles. The number of amides is 1. The lowest BCUT2D eigenvalue weighted by molar-refractivity contribution is -0.0680. The Morgan fingerprint density at radius 2 is 2.00 bits per heavy atom. The predicted octanol–water partition coefficient (Wildman–Crippen LogP) is 2.79. The fourth-order valence-corrected chi connectivity index (χ4v) is 3.73. The van der Waals surface area contributed by atoms with E-state index in [-0.39, 0.29) is 18.4 Å². The van der Waals surface area contributed by atoms with E-state index in [0.717, 1.165) is 18.4 Å². The van der Waals surface area contributed by atoms with Crippen LogP contribution in [0.1, 0.15) is 28.8 Å². The molecular formula is C18H21NO3S. The topological polar surface area (TPSA) is 58.6 Å². The van der Waals surface area contributed by atoms with Gasteiger partial charge in [-0.2, -0.15) is 11.3 Å². The Hall–Kier alpha value is -1.69.